The summed E-state index contributed by atoms with van der Waals surface area (Å²) in [5, 5.41) is 4.01. The Morgan fingerprint density at radius 2 is 1.10 bits per heavy atom. The molecule has 4 heteroatoms. The maximum atomic E-state index is 11.6. The fourth-order valence-corrected chi connectivity index (χ4v) is 8.27. The van der Waals surface area contributed by atoms with Gasteiger partial charge in [0.15, 0.2) is 0 Å². The average Bonchev–Trinajstić information content (AvgIpc) is 2.83. The Labute approximate surface area is 183 Å². The second-order valence-corrected chi connectivity index (χ2v) is 11.0. The van der Waals surface area contributed by atoms with Crippen LogP contribution in [0.1, 0.15) is 6.42 Å². The molecule has 0 spiro atoms. The van der Waals surface area contributed by atoms with E-state index < -0.39 is 18.8 Å². The molecule has 0 amide bonds. The van der Waals surface area contributed by atoms with Crippen LogP contribution in [-0.4, -0.2) is 24.3 Å². The summed E-state index contributed by atoms with van der Waals surface area (Å²) < 4.78 is 5.82. The van der Waals surface area contributed by atoms with Crippen LogP contribution in [0.25, 0.3) is 0 Å². The third kappa shape index (κ3) is 4.57. The van der Waals surface area contributed by atoms with Crippen LogP contribution in [0.15, 0.2) is 115 Å². The second kappa shape index (κ2) is 9.68. The van der Waals surface area contributed by atoms with Crippen molar-refractivity contribution in [1.82, 2.24) is 0 Å². The topological polar surface area (TPSA) is 43.4 Å². The third-order valence-corrected chi connectivity index (χ3v) is 9.94. The molecule has 0 unspecified atom stereocenters. The van der Waals surface area contributed by atoms with E-state index in [1.807, 2.05) is 0 Å². The van der Waals surface area contributed by atoms with Gasteiger partial charge in [0.1, 0.15) is 28.9 Å². The molecule has 0 atom stereocenters. The molecule has 0 aromatic heterocycles. The highest BCUT2D eigenvalue weighted by atomic mass is 31.2. The molecule has 1 aliphatic carbocycles. The molecule has 3 aromatic carbocycles. The molecule has 0 N–H and O–H groups in total. The normalized spacial score (nSPS) is 13.7. The molecular formula is C27H24O3P+. The summed E-state index contributed by atoms with van der Waals surface area (Å²) in [6, 6.07) is 32.1. The lowest BCUT2D eigenvalue weighted by Crippen LogP contribution is -2.33. The SMILES string of the molecule is O=C1C=CC(OCCC[P+](c2ccccc2)(c2ccccc2)c2ccccc2)=CC1=O. The van der Waals surface area contributed by atoms with Gasteiger partial charge in [-0.05, 0) is 48.6 Å². The number of ketones is 2. The van der Waals surface area contributed by atoms with E-state index in [4.69, 9.17) is 4.74 Å². The van der Waals surface area contributed by atoms with Crippen molar-refractivity contribution in [3.63, 3.8) is 0 Å². The number of allylic oxidation sites excluding steroid dienone is 3. The summed E-state index contributed by atoms with van der Waals surface area (Å²) in [6.07, 6.45) is 5.87. The van der Waals surface area contributed by atoms with Gasteiger partial charge in [-0.25, -0.2) is 0 Å². The maximum Gasteiger partial charge on any atom is 0.229 e. The van der Waals surface area contributed by atoms with Gasteiger partial charge < -0.3 is 4.74 Å². The second-order valence-electron chi connectivity index (χ2n) is 7.35. The first-order valence-corrected chi connectivity index (χ1v) is 12.3. The quantitative estimate of drug-likeness (QED) is 0.236. The van der Waals surface area contributed by atoms with Crippen molar-refractivity contribution in [1.29, 1.82) is 0 Å². The zero-order valence-corrected chi connectivity index (χ0v) is 18.1. The summed E-state index contributed by atoms with van der Waals surface area (Å²) >= 11 is 0. The molecular weight excluding hydrogens is 403 g/mol. The standard InChI is InChI=1S/C27H24O3P/c28-26-18-17-22(21-27(26)29)30-19-10-20-31(23-11-4-1-5-12-23,24-13-6-2-7-14-24)25-15-8-3-9-16-25/h1-9,11-18,21H,10,19-20H2/q+1. The fourth-order valence-electron chi connectivity index (χ4n) is 3.95. The van der Waals surface area contributed by atoms with Gasteiger partial charge in [0, 0.05) is 12.5 Å². The summed E-state index contributed by atoms with van der Waals surface area (Å²) in [4.78, 5) is 22.9. The number of hydrogen-bond acceptors (Lipinski definition) is 3. The number of rotatable bonds is 8. The van der Waals surface area contributed by atoms with Crippen LogP contribution in [0.5, 0.6) is 0 Å². The van der Waals surface area contributed by atoms with E-state index in [0.717, 1.165) is 12.6 Å². The lowest BCUT2D eigenvalue weighted by molar-refractivity contribution is -0.131. The van der Waals surface area contributed by atoms with E-state index in [-0.39, 0.29) is 0 Å². The van der Waals surface area contributed by atoms with Gasteiger partial charge in [0.05, 0.1) is 12.8 Å². The predicted molar refractivity (Wildman–Crippen MR) is 128 cm³/mol. The van der Waals surface area contributed by atoms with Gasteiger partial charge in [-0.15, -0.1) is 0 Å². The Kier molecular flexibility index (Phi) is 6.54. The highest BCUT2D eigenvalue weighted by Crippen LogP contribution is 2.55. The number of benzene rings is 3. The lowest BCUT2D eigenvalue weighted by Gasteiger charge is -2.27. The fraction of sp³-hybridized carbons (Fsp3) is 0.111. The van der Waals surface area contributed by atoms with Crippen LogP contribution in [0.4, 0.5) is 0 Å². The van der Waals surface area contributed by atoms with E-state index in [9.17, 15) is 9.59 Å². The maximum absolute atomic E-state index is 11.6. The van der Waals surface area contributed by atoms with E-state index in [2.05, 4.69) is 91.0 Å². The lowest BCUT2D eigenvalue weighted by atomic mass is 10.1. The van der Waals surface area contributed by atoms with E-state index >= 15 is 0 Å². The third-order valence-electron chi connectivity index (χ3n) is 5.41. The largest absolute Gasteiger partial charge is 0.493 e. The van der Waals surface area contributed by atoms with Gasteiger partial charge in [-0.2, -0.15) is 0 Å². The van der Waals surface area contributed by atoms with Gasteiger partial charge in [0.2, 0.25) is 11.6 Å². The van der Waals surface area contributed by atoms with Crippen molar-refractivity contribution >= 4 is 34.7 Å². The zero-order valence-electron chi connectivity index (χ0n) is 17.2. The minimum Gasteiger partial charge on any atom is -0.493 e. The van der Waals surface area contributed by atoms with E-state index in [1.165, 1.54) is 28.1 Å². The first-order chi connectivity index (χ1) is 15.2. The summed E-state index contributed by atoms with van der Waals surface area (Å²) in [7, 11) is -1.88. The average molecular weight is 427 g/mol. The molecule has 0 fully saturated rings. The smallest absolute Gasteiger partial charge is 0.229 e. The van der Waals surface area contributed by atoms with Crippen molar-refractivity contribution < 1.29 is 14.3 Å². The number of hydrogen-bond donors (Lipinski definition) is 0. The Hall–Kier alpha value is -3.29. The monoisotopic (exact) mass is 427 g/mol. The van der Waals surface area contributed by atoms with Gasteiger partial charge in [0.25, 0.3) is 0 Å². The number of carbonyl (C=O) groups is 2. The molecule has 0 saturated carbocycles. The Balaban J connectivity index is 1.64. The molecule has 0 radical (unpaired) electrons. The van der Waals surface area contributed by atoms with Crippen LogP contribution < -0.4 is 15.9 Å². The highest BCUT2D eigenvalue weighted by Gasteiger charge is 2.44. The first-order valence-electron chi connectivity index (χ1n) is 10.4. The number of carbonyl (C=O) groups excluding carboxylic acids is 2. The van der Waals surface area contributed by atoms with Gasteiger partial charge in [-0.1, -0.05) is 54.6 Å². The predicted octanol–water partition coefficient (Wildman–Crippen LogP) is 3.98. The summed E-state index contributed by atoms with van der Waals surface area (Å²) in [5.41, 5.74) is 0. The van der Waals surface area contributed by atoms with Crippen molar-refractivity contribution in [3.8, 4) is 0 Å². The highest BCUT2D eigenvalue weighted by molar-refractivity contribution is 7.95. The Morgan fingerprint density at radius 3 is 1.55 bits per heavy atom. The van der Waals surface area contributed by atoms with E-state index in [0.29, 0.717) is 12.4 Å². The van der Waals surface area contributed by atoms with Crippen LogP contribution in [0.3, 0.4) is 0 Å². The van der Waals surface area contributed by atoms with E-state index in [1.54, 1.807) is 6.08 Å². The first kappa shape index (κ1) is 21.0. The van der Waals surface area contributed by atoms with Gasteiger partial charge >= 0.3 is 0 Å². The van der Waals surface area contributed by atoms with Crippen molar-refractivity contribution in [3.05, 3.63) is 115 Å². The summed E-state index contributed by atoms with van der Waals surface area (Å²) in [6.45, 7) is 0.478. The van der Waals surface area contributed by atoms with Crippen molar-refractivity contribution in [2.24, 2.45) is 0 Å². The minimum atomic E-state index is -1.88. The van der Waals surface area contributed by atoms with Crippen LogP contribution in [0, 0.1) is 0 Å². The minimum absolute atomic E-state index is 0.452. The number of ether oxygens (including phenoxy) is 1. The zero-order chi connectivity index (χ0) is 21.5. The molecule has 0 aliphatic heterocycles. The van der Waals surface area contributed by atoms with Crippen molar-refractivity contribution in [2.75, 3.05) is 12.8 Å². The van der Waals surface area contributed by atoms with Crippen LogP contribution >= 0.6 is 7.26 Å². The molecule has 3 aromatic rings. The Bertz CT molecular complexity index is 1010. The van der Waals surface area contributed by atoms with Crippen molar-refractivity contribution in [2.45, 2.75) is 6.42 Å². The molecule has 3 nitrogen and oxygen atoms in total. The van der Waals surface area contributed by atoms with Gasteiger partial charge in [-0.3, -0.25) is 9.59 Å². The molecule has 0 bridgehead atoms. The summed E-state index contributed by atoms with van der Waals surface area (Å²) in [5.74, 6) is -0.584. The van der Waals surface area contributed by atoms with Crippen LogP contribution in [0.2, 0.25) is 0 Å². The Morgan fingerprint density at radius 1 is 0.613 bits per heavy atom. The molecule has 1 aliphatic rings. The van der Waals surface area contributed by atoms with Crippen LogP contribution in [-0.2, 0) is 14.3 Å². The molecule has 31 heavy (non-hydrogen) atoms. The molecule has 0 saturated heterocycles. The molecule has 0 heterocycles. The molecule has 154 valence electrons. The molecule has 4 rings (SSSR count).